The average Bonchev–Trinajstić information content (AvgIpc) is 3.57. The van der Waals surface area contributed by atoms with Crippen LogP contribution < -0.4 is 0 Å². The van der Waals surface area contributed by atoms with E-state index in [0.29, 0.717) is 18.9 Å². The van der Waals surface area contributed by atoms with Crippen LogP contribution in [0.2, 0.25) is 0 Å². The van der Waals surface area contributed by atoms with Gasteiger partial charge in [0.05, 0.1) is 24.0 Å². The average molecular weight is 636 g/mol. The van der Waals surface area contributed by atoms with Crippen molar-refractivity contribution >= 4 is 17.3 Å². The van der Waals surface area contributed by atoms with E-state index in [4.69, 9.17) is 9.15 Å². The van der Waals surface area contributed by atoms with Crippen LogP contribution in [-0.2, 0) is 20.9 Å². The summed E-state index contributed by atoms with van der Waals surface area (Å²) in [7, 11) is 0. The lowest BCUT2D eigenvalue weighted by Crippen LogP contribution is -2.66. The molecule has 5 aliphatic carbocycles. The number of hydrogen-bond acceptors (Lipinski definition) is 5. The van der Waals surface area contributed by atoms with Gasteiger partial charge in [0.1, 0.15) is 12.5 Å². The first-order chi connectivity index (χ1) is 22.1. The normalized spacial score (nSPS) is 40.3. The maximum Gasteiger partial charge on any atom is 0.313 e. The van der Waals surface area contributed by atoms with E-state index < -0.39 is 16.7 Å². The maximum absolute atomic E-state index is 14.6. The van der Waals surface area contributed by atoms with Crippen LogP contribution in [0.1, 0.15) is 117 Å². The van der Waals surface area contributed by atoms with E-state index in [2.05, 4.69) is 60.6 Å². The third-order valence-electron chi connectivity index (χ3n) is 15.1. The second-order valence-corrected chi connectivity index (χ2v) is 18.1. The zero-order valence-electron chi connectivity index (χ0n) is 29.6. The minimum atomic E-state index is -0.568. The second-order valence-electron chi connectivity index (χ2n) is 18.1. The van der Waals surface area contributed by atoms with Gasteiger partial charge in [-0.05, 0) is 114 Å². The van der Waals surface area contributed by atoms with Crippen molar-refractivity contribution in [3.05, 3.63) is 65.6 Å². The van der Waals surface area contributed by atoms with Crippen molar-refractivity contribution in [1.82, 2.24) is 0 Å². The molecule has 1 aromatic heterocycles. The molecule has 0 N–H and O–H groups in total. The predicted molar refractivity (Wildman–Crippen MR) is 182 cm³/mol. The molecule has 7 rings (SSSR count). The first-order valence-corrected chi connectivity index (χ1v) is 18.0. The number of carbonyl (C=O) groups is 2. The van der Waals surface area contributed by atoms with Gasteiger partial charge in [-0.1, -0.05) is 84.4 Å². The molecule has 0 bridgehead atoms. The number of benzene rings is 1. The van der Waals surface area contributed by atoms with Gasteiger partial charge in [-0.3, -0.25) is 9.59 Å². The van der Waals surface area contributed by atoms with Crippen LogP contribution in [0.15, 0.2) is 58.9 Å². The second kappa shape index (κ2) is 10.7. The number of furan rings is 1. The molecule has 2 aromatic rings. The molecule has 0 spiro atoms. The first-order valence-electron chi connectivity index (χ1n) is 18.0. The number of fused-ring (bicyclic) bond motifs is 7. The lowest BCUT2D eigenvalue weighted by atomic mass is 9.32. The van der Waals surface area contributed by atoms with E-state index >= 15 is 0 Å². The third kappa shape index (κ3) is 4.52. The van der Waals surface area contributed by atoms with E-state index in [1.807, 2.05) is 36.6 Å². The van der Waals surface area contributed by atoms with E-state index in [-0.39, 0.29) is 45.2 Å². The molecule has 4 fully saturated rings. The Hall–Kier alpha value is -3.13. The maximum atomic E-state index is 14.6. The monoisotopic (exact) mass is 635 g/mol. The number of esters is 1. The van der Waals surface area contributed by atoms with Crippen molar-refractivity contribution < 1.29 is 18.7 Å². The van der Waals surface area contributed by atoms with Crippen LogP contribution in [0.4, 0.5) is 0 Å². The summed E-state index contributed by atoms with van der Waals surface area (Å²) in [5, 5.41) is 10.2. The van der Waals surface area contributed by atoms with Gasteiger partial charge in [0.15, 0.2) is 5.78 Å². The van der Waals surface area contributed by atoms with Gasteiger partial charge in [0.2, 0.25) is 0 Å². The smallest absolute Gasteiger partial charge is 0.313 e. The molecular weight excluding hydrogens is 582 g/mol. The summed E-state index contributed by atoms with van der Waals surface area (Å²) < 4.78 is 12.0. The highest BCUT2D eigenvalue weighted by Gasteiger charge is 2.71. The molecule has 1 heterocycles. The first kappa shape index (κ1) is 32.4. The highest BCUT2D eigenvalue weighted by Crippen LogP contribution is 2.77. The summed E-state index contributed by atoms with van der Waals surface area (Å²) in [5.41, 5.74) is 3.63. The van der Waals surface area contributed by atoms with E-state index in [1.165, 1.54) is 11.1 Å². The predicted octanol–water partition coefficient (Wildman–Crippen LogP) is 9.97. The van der Waals surface area contributed by atoms with Crippen molar-refractivity contribution in [2.24, 2.45) is 56.2 Å². The lowest BCUT2D eigenvalue weighted by molar-refractivity contribution is -0.193. The van der Waals surface area contributed by atoms with Crippen molar-refractivity contribution in [3.8, 4) is 6.07 Å². The number of Topliss-reactive ketones (excluding diaryl/α,β-unsaturated/α-hetero) is 1. The van der Waals surface area contributed by atoms with Crippen LogP contribution in [0.5, 0.6) is 0 Å². The summed E-state index contributed by atoms with van der Waals surface area (Å²) in [6, 6.07) is 14.6. The van der Waals surface area contributed by atoms with E-state index in [1.54, 1.807) is 6.26 Å². The molecule has 8 atom stereocenters. The molecule has 47 heavy (non-hydrogen) atoms. The summed E-state index contributed by atoms with van der Waals surface area (Å²) in [4.78, 5) is 28.2. The van der Waals surface area contributed by atoms with Crippen LogP contribution >= 0.6 is 0 Å². The van der Waals surface area contributed by atoms with Gasteiger partial charge in [0.25, 0.3) is 0 Å². The van der Waals surface area contributed by atoms with Crippen molar-refractivity contribution in [3.63, 3.8) is 0 Å². The molecule has 2 unspecified atom stereocenters. The van der Waals surface area contributed by atoms with Gasteiger partial charge in [-0.25, -0.2) is 0 Å². The highest BCUT2D eigenvalue weighted by molar-refractivity contribution is 5.90. The Balaban J connectivity index is 1.38. The fourth-order valence-corrected chi connectivity index (χ4v) is 12.4. The van der Waals surface area contributed by atoms with Crippen LogP contribution in [0.25, 0.3) is 5.57 Å². The Morgan fingerprint density at radius 1 is 0.936 bits per heavy atom. The zero-order valence-corrected chi connectivity index (χ0v) is 29.6. The molecule has 0 saturated heterocycles. The molecule has 1 aromatic carbocycles. The highest BCUT2D eigenvalue weighted by atomic mass is 16.5. The molecule has 0 radical (unpaired) electrons. The number of allylic oxidation sites excluding steroid dienone is 2. The lowest BCUT2D eigenvalue weighted by Gasteiger charge is -2.71. The molecule has 5 nitrogen and oxygen atoms in total. The number of carbonyl (C=O) groups excluding carboxylic acids is 2. The van der Waals surface area contributed by atoms with Gasteiger partial charge in [-0.15, -0.1) is 0 Å². The van der Waals surface area contributed by atoms with Crippen LogP contribution in [0, 0.1) is 67.5 Å². The third-order valence-corrected chi connectivity index (χ3v) is 15.1. The van der Waals surface area contributed by atoms with Crippen molar-refractivity contribution in [2.75, 3.05) is 0 Å². The Labute approximate surface area is 281 Å². The quantitative estimate of drug-likeness (QED) is 0.312. The molecule has 4 saturated carbocycles. The van der Waals surface area contributed by atoms with Crippen molar-refractivity contribution in [1.29, 1.82) is 5.26 Å². The molecule has 0 amide bonds. The zero-order chi connectivity index (χ0) is 33.6. The molecule has 0 aliphatic heterocycles. The number of hydrogen-bond donors (Lipinski definition) is 0. The largest absolute Gasteiger partial charge is 0.472 e. The van der Waals surface area contributed by atoms with Crippen LogP contribution in [0.3, 0.4) is 0 Å². The Kier molecular flexibility index (Phi) is 7.37. The topological polar surface area (TPSA) is 80.3 Å². The molecule has 5 aliphatic rings. The van der Waals surface area contributed by atoms with Crippen LogP contribution in [-0.4, -0.2) is 11.8 Å². The summed E-state index contributed by atoms with van der Waals surface area (Å²) in [6.45, 7) is 16.7. The minimum Gasteiger partial charge on any atom is -0.472 e. The Morgan fingerprint density at radius 2 is 1.66 bits per heavy atom. The van der Waals surface area contributed by atoms with Crippen molar-refractivity contribution in [2.45, 2.75) is 113 Å². The summed E-state index contributed by atoms with van der Waals surface area (Å²) >= 11 is 0. The Morgan fingerprint density at radius 3 is 2.34 bits per heavy atom. The van der Waals surface area contributed by atoms with Gasteiger partial charge in [0, 0.05) is 11.0 Å². The SMILES string of the molecule is CC1(C)CC[C@]2(C(=O)OCc3ccccc3)CC[C@]3(C)C(=C(c4ccoc4)CC4[C@@]5(C)CC(C#N)C(=O)C(C)(C)[C@@H]5CC[C@]43C)[C@@H]2C1. The number of ether oxygens (including phenoxy) is 1. The number of nitriles is 1. The number of ketones is 1. The number of nitrogens with zero attached hydrogens (tertiary/aromatic N) is 1. The summed E-state index contributed by atoms with van der Waals surface area (Å²) in [5.74, 6) is 0.130. The molecular formula is C42H53NO4. The van der Waals surface area contributed by atoms with E-state index in [0.717, 1.165) is 62.5 Å². The fourth-order valence-electron chi connectivity index (χ4n) is 12.4. The molecule has 250 valence electrons. The van der Waals surface area contributed by atoms with Gasteiger partial charge in [-0.2, -0.15) is 5.26 Å². The minimum absolute atomic E-state index is 0.0321. The van der Waals surface area contributed by atoms with E-state index in [9.17, 15) is 14.9 Å². The van der Waals surface area contributed by atoms with Gasteiger partial charge >= 0.3 is 5.97 Å². The number of rotatable bonds is 4. The standard InChI is InChI=1S/C42H53NO4/c1-37(2)16-18-42(36(45)47-25-27-11-9-8-10-12-27)19-17-41(7)34(31(42)23-37)30(28-14-20-46-26-28)21-33-39(5)22-29(24-43)35(44)38(3,4)32(39)13-15-40(33,41)6/h8-12,14,20,26,29,31-33H,13,15-19,21-23,25H2,1-7H3/t29?,31-,32-,33?,39-,40+,41+,42-/m0/s1. The summed E-state index contributed by atoms with van der Waals surface area (Å²) in [6.07, 6.45) is 11.8. The molecule has 5 heteroatoms. The Bertz CT molecular complexity index is 1640. The van der Waals surface area contributed by atoms with Gasteiger partial charge < -0.3 is 9.15 Å². The fraction of sp³-hybridized carbons (Fsp3) is 0.643.